The van der Waals surface area contributed by atoms with E-state index in [1.807, 2.05) is 66.1 Å². The number of esters is 1. The predicted molar refractivity (Wildman–Crippen MR) is 135 cm³/mol. The topological polar surface area (TPSA) is 93.9 Å². The van der Waals surface area contributed by atoms with E-state index in [1.165, 1.54) is 6.07 Å². The Morgan fingerprint density at radius 3 is 2.50 bits per heavy atom. The highest BCUT2D eigenvalue weighted by atomic mass is 16.5. The second-order valence-corrected chi connectivity index (χ2v) is 8.52. The monoisotopic (exact) mass is 485 g/mol. The molecule has 1 amide bonds. The van der Waals surface area contributed by atoms with Gasteiger partial charge in [-0.2, -0.15) is 0 Å². The number of carbonyl (C=O) groups is 2. The van der Waals surface area contributed by atoms with Crippen molar-refractivity contribution in [2.75, 3.05) is 18.1 Å². The number of benzene rings is 3. The Hall–Kier alpha value is -4.33. The number of aromatic nitrogens is 2. The van der Waals surface area contributed by atoms with Gasteiger partial charge in [-0.1, -0.05) is 48.5 Å². The molecule has 4 aromatic rings. The fourth-order valence-electron chi connectivity index (χ4n) is 4.75. The molecule has 36 heavy (non-hydrogen) atoms. The summed E-state index contributed by atoms with van der Waals surface area (Å²) in [7, 11) is 0. The van der Waals surface area contributed by atoms with E-state index in [4.69, 9.17) is 14.5 Å². The third kappa shape index (κ3) is 4.04. The molecule has 5 rings (SSSR count). The zero-order valence-corrected chi connectivity index (χ0v) is 20.1. The molecule has 0 unspecified atom stereocenters. The zero-order chi connectivity index (χ0) is 25.2. The molecule has 1 aliphatic rings. The molecule has 3 aromatic carbocycles. The van der Waals surface area contributed by atoms with Crippen molar-refractivity contribution in [3.63, 3.8) is 0 Å². The van der Waals surface area contributed by atoms with Crippen molar-refractivity contribution in [1.82, 2.24) is 9.55 Å². The predicted octanol–water partition coefficient (Wildman–Crippen LogP) is 4.46. The van der Waals surface area contributed by atoms with Gasteiger partial charge in [-0.3, -0.25) is 14.5 Å². The minimum absolute atomic E-state index is 0.0168. The Kier molecular flexibility index (Phi) is 6.33. The molecule has 0 aliphatic carbocycles. The number of rotatable bonds is 7. The number of aromatic hydroxyl groups is 1. The molecular formula is C28H27N3O5. The van der Waals surface area contributed by atoms with Crippen LogP contribution in [0.25, 0.3) is 11.0 Å². The van der Waals surface area contributed by atoms with Crippen LogP contribution < -0.4 is 9.64 Å². The molecule has 0 spiro atoms. The lowest BCUT2D eigenvalue weighted by molar-refractivity contribution is -0.153. The van der Waals surface area contributed by atoms with E-state index in [2.05, 4.69) is 0 Å². The Bertz CT molecular complexity index is 1420. The molecule has 0 saturated heterocycles. The van der Waals surface area contributed by atoms with Crippen molar-refractivity contribution >= 4 is 28.9 Å². The summed E-state index contributed by atoms with van der Waals surface area (Å²) < 4.78 is 12.9. The van der Waals surface area contributed by atoms with Gasteiger partial charge in [0.25, 0.3) is 0 Å². The molecule has 0 fully saturated rings. The molecule has 8 heteroatoms. The first kappa shape index (κ1) is 23.4. The van der Waals surface area contributed by atoms with Gasteiger partial charge in [-0.25, -0.2) is 4.98 Å². The van der Waals surface area contributed by atoms with Gasteiger partial charge < -0.3 is 19.1 Å². The molecule has 1 aliphatic heterocycles. The number of hydrogen-bond donors (Lipinski definition) is 1. The van der Waals surface area contributed by atoms with E-state index in [0.717, 1.165) is 11.1 Å². The molecule has 1 N–H and O–H groups in total. The van der Waals surface area contributed by atoms with Gasteiger partial charge >= 0.3 is 5.97 Å². The molecule has 2 atom stereocenters. The maximum absolute atomic E-state index is 14.0. The van der Waals surface area contributed by atoms with Gasteiger partial charge in [0, 0.05) is 0 Å². The van der Waals surface area contributed by atoms with Crippen molar-refractivity contribution < 1.29 is 24.2 Å². The SMILES string of the molecule is CCOC(=O)[C@@H]1C(=O)N(Cc2ccccc2)c2nc3ccccc3n2[C@@H]1c1ccc(O)c(OCC)c1. The fourth-order valence-corrected chi connectivity index (χ4v) is 4.75. The number of nitrogens with zero attached hydrogens (tertiary/aromatic N) is 3. The first-order valence-electron chi connectivity index (χ1n) is 12.0. The summed E-state index contributed by atoms with van der Waals surface area (Å²) in [5.74, 6) is -1.45. The number of amides is 1. The second-order valence-electron chi connectivity index (χ2n) is 8.52. The summed E-state index contributed by atoms with van der Waals surface area (Å²) >= 11 is 0. The smallest absolute Gasteiger partial charge is 0.321 e. The van der Waals surface area contributed by atoms with Gasteiger partial charge in [0.15, 0.2) is 17.4 Å². The minimum atomic E-state index is -1.15. The summed E-state index contributed by atoms with van der Waals surface area (Å²) in [6.07, 6.45) is 0. The van der Waals surface area contributed by atoms with Crippen LogP contribution in [0.1, 0.15) is 31.0 Å². The summed E-state index contributed by atoms with van der Waals surface area (Å²) in [6.45, 7) is 4.29. The lowest BCUT2D eigenvalue weighted by Crippen LogP contribution is -2.49. The van der Waals surface area contributed by atoms with Crippen LogP contribution in [-0.2, 0) is 20.9 Å². The van der Waals surface area contributed by atoms with Crippen LogP contribution in [0.3, 0.4) is 0 Å². The Labute approximate surface area is 208 Å². The van der Waals surface area contributed by atoms with Crippen LogP contribution >= 0.6 is 0 Å². The standard InChI is InChI=1S/C28H27N3O5/c1-3-35-23-16-19(14-15-22(23)32)25-24(27(34)36-4-2)26(33)30(17-18-10-6-5-7-11-18)28-29-20-12-8-9-13-21(20)31(25)28/h5-16,24-25,32H,3-4,17H2,1-2H3/t24-,25+/m0/s1. The molecular weight excluding hydrogens is 458 g/mol. The highest BCUT2D eigenvalue weighted by Gasteiger charge is 2.48. The van der Waals surface area contributed by atoms with Crippen molar-refractivity contribution in [3.8, 4) is 11.5 Å². The third-order valence-corrected chi connectivity index (χ3v) is 6.29. The molecule has 0 saturated carbocycles. The Morgan fingerprint density at radius 2 is 1.75 bits per heavy atom. The fraction of sp³-hybridized carbons (Fsp3) is 0.250. The first-order chi connectivity index (χ1) is 17.5. The largest absolute Gasteiger partial charge is 0.504 e. The summed E-state index contributed by atoms with van der Waals surface area (Å²) in [5, 5.41) is 10.3. The van der Waals surface area contributed by atoms with Crippen molar-refractivity contribution in [3.05, 3.63) is 83.9 Å². The number of para-hydroxylation sites is 2. The quantitative estimate of drug-likeness (QED) is 0.307. The molecule has 1 aromatic heterocycles. The van der Waals surface area contributed by atoms with Crippen molar-refractivity contribution in [2.45, 2.75) is 26.4 Å². The Morgan fingerprint density at radius 1 is 1.00 bits per heavy atom. The van der Waals surface area contributed by atoms with Crippen LogP contribution in [0.2, 0.25) is 0 Å². The Balaban J connectivity index is 1.75. The van der Waals surface area contributed by atoms with Crippen molar-refractivity contribution in [2.24, 2.45) is 5.92 Å². The number of imidazole rings is 1. The summed E-state index contributed by atoms with van der Waals surface area (Å²) in [6, 6.07) is 21.3. The molecule has 8 nitrogen and oxygen atoms in total. The van der Waals surface area contributed by atoms with Crippen LogP contribution in [-0.4, -0.2) is 39.7 Å². The van der Waals surface area contributed by atoms with E-state index in [9.17, 15) is 14.7 Å². The average molecular weight is 486 g/mol. The van der Waals surface area contributed by atoms with Crippen molar-refractivity contribution in [1.29, 1.82) is 0 Å². The summed E-state index contributed by atoms with van der Waals surface area (Å²) in [4.78, 5) is 33.8. The zero-order valence-electron chi connectivity index (χ0n) is 20.1. The molecule has 2 heterocycles. The second kappa shape index (κ2) is 9.73. The number of fused-ring (bicyclic) bond motifs is 3. The van der Waals surface area contributed by atoms with Gasteiger partial charge in [-0.15, -0.1) is 0 Å². The van der Waals surface area contributed by atoms with E-state index < -0.39 is 23.8 Å². The normalized spacial score (nSPS) is 17.2. The van der Waals surface area contributed by atoms with Crippen LogP contribution in [0.5, 0.6) is 11.5 Å². The number of hydrogen-bond acceptors (Lipinski definition) is 6. The van der Waals surface area contributed by atoms with Crippen LogP contribution in [0.4, 0.5) is 5.95 Å². The van der Waals surface area contributed by atoms with E-state index >= 15 is 0 Å². The van der Waals surface area contributed by atoms with Crippen LogP contribution in [0, 0.1) is 5.92 Å². The number of phenolic OH excluding ortho intramolecular Hbond substituents is 1. The van der Waals surface area contributed by atoms with E-state index in [-0.39, 0.29) is 24.7 Å². The minimum Gasteiger partial charge on any atom is -0.504 e. The highest BCUT2D eigenvalue weighted by molar-refractivity contribution is 6.08. The molecule has 0 bridgehead atoms. The van der Waals surface area contributed by atoms with E-state index in [0.29, 0.717) is 23.6 Å². The molecule has 184 valence electrons. The highest BCUT2D eigenvalue weighted by Crippen LogP contribution is 2.43. The number of anilines is 1. The van der Waals surface area contributed by atoms with Crippen LogP contribution in [0.15, 0.2) is 72.8 Å². The number of ether oxygens (including phenoxy) is 2. The lowest BCUT2D eigenvalue weighted by atomic mass is 9.89. The maximum Gasteiger partial charge on any atom is 0.321 e. The van der Waals surface area contributed by atoms with E-state index in [1.54, 1.807) is 24.0 Å². The average Bonchev–Trinajstić information content (AvgIpc) is 3.27. The number of phenols is 1. The number of carbonyl (C=O) groups excluding carboxylic acids is 2. The maximum atomic E-state index is 14.0. The van der Waals surface area contributed by atoms with Gasteiger partial charge in [-0.05, 0) is 49.2 Å². The molecule has 0 radical (unpaired) electrons. The van der Waals surface area contributed by atoms with Gasteiger partial charge in [0.2, 0.25) is 11.9 Å². The van der Waals surface area contributed by atoms with Gasteiger partial charge in [0.1, 0.15) is 0 Å². The third-order valence-electron chi connectivity index (χ3n) is 6.29. The summed E-state index contributed by atoms with van der Waals surface area (Å²) in [5.41, 5.74) is 3.03. The lowest BCUT2D eigenvalue weighted by Gasteiger charge is -2.38. The van der Waals surface area contributed by atoms with Gasteiger partial charge in [0.05, 0.1) is 36.8 Å². The first-order valence-corrected chi connectivity index (χ1v) is 12.0.